The van der Waals surface area contributed by atoms with E-state index in [9.17, 15) is 15.2 Å². The van der Waals surface area contributed by atoms with Crippen molar-refractivity contribution < 1.29 is 10.0 Å². The van der Waals surface area contributed by atoms with Crippen molar-refractivity contribution in [2.24, 2.45) is 0 Å². The Kier molecular flexibility index (Phi) is 4.04. The lowest BCUT2D eigenvalue weighted by Crippen LogP contribution is -2.12. The molecule has 0 aliphatic rings. The Balaban J connectivity index is 1.93. The fourth-order valence-corrected chi connectivity index (χ4v) is 1.59. The molecule has 1 aromatic heterocycles. The summed E-state index contributed by atoms with van der Waals surface area (Å²) in [6, 6.07) is 12.1. The van der Waals surface area contributed by atoms with E-state index >= 15 is 0 Å². The first kappa shape index (κ1) is 13.0. The summed E-state index contributed by atoms with van der Waals surface area (Å²) in [5.74, 6) is 0.487. The van der Waals surface area contributed by atoms with Crippen molar-refractivity contribution in [3.63, 3.8) is 0 Å². The van der Waals surface area contributed by atoms with Crippen LogP contribution in [0, 0.1) is 10.1 Å². The van der Waals surface area contributed by atoms with Gasteiger partial charge in [-0.25, -0.2) is 4.98 Å². The third-order valence-corrected chi connectivity index (χ3v) is 2.62. The third kappa shape index (κ3) is 3.49. The SMILES string of the molecule is O=[N+]([O-])c1ccc(NCC(O)c2ccccc2)nc1. The first-order chi connectivity index (χ1) is 9.16. The number of hydrogen-bond donors (Lipinski definition) is 2. The minimum absolute atomic E-state index is 0.0610. The van der Waals surface area contributed by atoms with E-state index in [1.54, 1.807) is 0 Å². The molecule has 1 aromatic carbocycles. The Morgan fingerprint density at radius 1 is 1.26 bits per heavy atom. The number of nitrogens with one attached hydrogen (secondary N) is 1. The van der Waals surface area contributed by atoms with Gasteiger partial charge in [0.25, 0.3) is 5.69 Å². The molecule has 6 heteroatoms. The highest BCUT2D eigenvalue weighted by Gasteiger charge is 2.08. The van der Waals surface area contributed by atoms with E-state index in [-0.39, 0.29) is 12.2 Å². The van der Waals surface area contributed by atoms with Gasteiger partial charge in [0.15, 0.2) is 0 Å². The van der Waals surface area contributed by atoms with Crippen molar-refractivity contribution in [1.82, 2.24) is 4.98 Å². The van der Waals surface area contributed by atoms with E-state index in [1.807, 2.05) is 30.3 Å². The lowest BCUT2D eigenvalue weighted by atomic mass is 10.1. The minimum Gasteiger partial charge on any atom is -0.387 e. The molecule has 2 rings (SSSR count). The number of anilines is 1. The van der Waals surface area contributed by atoms with Crippen LogP contribution < -0.4 is 5.32 Å². The number of nitro groups is 1. The normalized spacial score (nSPS) is 11.8. The van der Waals surface area contributed by atoms with Gasteiger partial charge in [-0.1, -0.05) is 30.3 Å². The van der Waals surface area contributed by atoms with Crippen molar-refractivity contribution in [1.29, 1.82) is 0 Å². The summed E-state index contributed by atoms with van der Waals surface area (Å²) < 4.78 is 0. The van der Waals surface area contributed by atoms with Crippen LogP contribution in [-0.4, -0.2) is 21.6 Å². The third-order valence-electron chi connectivity index (χ3n) is 2.62. The molecule has 0 saturated carbocycles. The summed E-state index contributed by atoms with van der Waals surface area (Å²) in [6.45, 7) is 0.287. The Labute approximate surface area is 109 Å². The maximum absolute atomic E-state index is 10.5. The number of aliphatic hydroxyl groups excluding tert-OH is 1. The highest BCUT2D eigenvalue weighted by atomic mass is 16.6. The molecule has 98 valence electrons. The first-order valence-electron chi connectivity index (χ1n) is 5.74. The standard InChI is InChI=1S/C13H13N3O3/c17-12(10-4-2-1-3-5-10)9-15-13-7-6-11(8-14-13)16(18)19/h1-8,12,17H,9H2,(H,14,15). The average Bonchev–Trinajstić information content (AvgIpc) is 2.46. The highest BCUT2D eigenvalue weighted by molar-refractivity contribution is 5.40. The van der Waals surface area contributed by atoms with Gasteiger partial charge in [0.05, 0.1) is 11.0 Å². The van der Waals surface area contributed by atoms with Crippen molar-refractivity contribution in [2.45, 2.75) is 6.10 Å². The minimum atomic E-state index is -0.654. The Morgan fingerprint density at radius 2 is 2.00 bits per heavy atom. The lowest BCUT2D eigenvalue weighted by molar-refractivity contribution is -0.385. The van der Waals surface area contributed by atoms with Gasteiger partial charge in [-0.3, -0.25) is 10.1 Å². The molecule has 0 radical (unpaired) electrons. The molecule has 6 nitrogen and oxygen atoms in total. The van der Waals surface area contributed by atoms with Gasteiger partial charge >= 0.3 is 0 Å². The largest absolute Gasteiger partial charge is 0.387 e. The van der Waals surface area contributed by atoms with Crippen LogP contribution in [0.4, 0.5) is 11.5 Å². The Bertz CT molecular complexity index is 543. The van der Waals surface area contributed by atoms with Gasteiger partial charge in [-0.05, 0) is 11.6 Å². The predicted molar refractivity (Wildman–Crippen MR) is 70.8 cm³/mol. The van der Waals surface area contributed by atoms with Crippen LogP contribution in [0.15, 0.2) is 48.7 Å². The second-order valence-electron chi connectivity index (χ2n) is 3.97. The fraction of sp³-hybridized carbons (Fsp3) is 0.154. The van der Waals surface area contributed by atoms with Crippen LogP contribution in [-0.2, 0) is 0 Å². The molecular weight excluding hydrogens is 246 g/mol. The number of aromatic nitrogens is 1. The van der Waals surface area contributed by atoms with Crippen LogP contribution >= 0.6 is 0 Å². The monoisotopic (exact) mass is 259 g/mol. The predicted octanol–water partition coefficient (Wildman–Crippen LogP) is 2.14. The number of hydrogen-bond acceptors (Lipinski definition) is 5. The van der Waals surface area contributed by atoms with Crippen LogP contribution in [0.3, 0.4) is 0 Å². The van der Waals surface area contributed by atoms with E-state index in [1.165, 1.54) is 18.3 Å². The summed E-state index contributed by atoms with van der Waals surface area (Å²) in [6.07, 6.45) is 0.523. The molecule has 2 aromatic rings. The highest BCUT2D eigenvalue weighted by Crippen LogP contribution is 2.15. The summed E-state index contributed by atoms with van der Waals surface area (Å²) >= 11 is 0. The summed E-state index contributed by atoms with van der Waals surface area (Å²) in [5.41, 5.74) is 0.742. The van der Waals surface area contributed by atoms with Crippen molar-refractivity contribution in [3.8, 4) is 0 Å². The zero-order valence-corrected chi connectivity index (χ0v) is 10.1. The molecule has 1 heterocycles. The van der Waals surface area contributed by atoms with Gasteiger partial charge in [0, 0.05) is 12.6 Å². The second kappa shape index (κ2) is 5.92. The summed E-state index contributed by atoms with van der Waals surface area (Å²) in [7, 11) is 0. The number of nitrogens with zero attached hydrogens (tertiary/aromatic N) is 2. The molecule has 0 saturated heterocycles. The Hall–Kier alpha value is -2.47. The van der Waals surface area contributed by atoms with Gasteiger partial charge in [0.2, 0.25) is 0 Å². The zero-order chi connectivity index (χ0) is 13.7. The fourth-order valence-electron chi connectivity index (χ4n) is 1.59. The smallest absolute Gasteiger partial charge is 0.287 e. The van der Waals surface area contributed by atoms with Crippen LogP contribution in [0.25, 0.3) is 0 Å². The number of aliphatic hydroxyl groups is 1. The zero-order valence-electron chi connectivity index (χ0n) is 10.1. The Morgan fingerprint density at radius 3 is 2.58 bits per heavy atom. The quantitative estimate of drug-likeness (QED) is 0.634. The molecule has 0 amide bonds. The summed E-state index contributed by atoms with van der Waals surface area (Å²) in [4.78, 5) is 13.9. The van der Waals surface area contributed by atoms with Crippen LogP contribution in [0.2, 0.25) is 0 Å². The molecule has 0 fully saturated rings. The molecule has 19 heavy (non-hydrogen) atoms. The number of pyridine rings is 1. The first-order valence-corrected chi connectivity index (χ1v) is 5.74. The maximum Gasteiger partial charge on any atom is 0.287 e. The van der Waals surface area contributed by atoms with E-state index in [4.69, 9.17) is 0 Å². The average molecular weight is 259 g/mol. The number of benzene rings is 1. The van der Waals surface area contributed by atoms with E-state index in [0.29, 0.717) is 5.82 Å². The van der Waals surface area contributed by atoms with Gasteiger partial charge in [0.1, 0.15) is 12.0 Å². The molecule has 0 bridgehead atoms. The molecule has 1 atom stereocenters. The molecular formula is C13H13N3O3. The van der Waals surface area contributed by atoms with E-state index in [2.05, 4.69) is 10.3 Å². The molecule has 0 aliphatic heterocycles. The van der Waals surface area contributed by atoms with Crippen LogP contribution in [0.1, 0.15) is 11.7 Å². The topological polar surface area (TPSA) is 88.3 Å². The lowest BCUT2D eigenvalue weighted by Gasteiger charge is -2.12. The van der Waals surface area contributed by atoms with Gasteiger partial charge in [-0.2, -0.15) is 0 Å². The van der Waals surface area contributed by atoms with E-state index < -0.39 is 11.0 Å². The van der Waals surface area contributed by atoms with Crippen LogP contribution in [0.5, 0.6) is 0 Å². The second-order valence-corrected chi connectivity index (χ2v) is 3.97. The number of rotatable bonds is 5. The summed E-state index contributed by atoms with van der Waals surface area (Å²) in [5, 5.41) is 23.3. The molecule has 1 unspecified atom stereocenters. The maximum atomic E-state index is 10.5. The van der Waals surface area contributed by atoms with Crippen molar-refractivity contribution >= 4 is 11.5 Å². The van der Waals surface area contributed by atoms with Crippen molar-refractivity contribution in [3.05, 3.63) is 64.3 Å². The molecule has 0 aliphatic carbocycles. The molecule has 2 N–H and O–H groups in total. The van der Waals surface area contributed by atoms with Crippen molar-refractivity contribution in [2.75, 3.05) is 11.9 Å². The van der Waals surface area contributed by atoms with E-state index in [0.717, 1.165) is 5.56 Å². The van der Waals surface area contributed by atoms with Gasteiger partial charge < -0.3 is 10.4 Å². The molecule has 0 spiro atoms. The van der Waals surface area contributed by atoms with Gasteiger partial charge in [-0.15, -0.1) is 0 Å².